The van der Waals surface area contributed by atoms with Crippen LogP contribution in [0.4, 0.5) is 0 Å². The highest BCUT2D eigenvalue weighted by molar-refractivity contribution is 6.31. The molecule has 1 aromatic rings. The second-order valence-corrected chi connectivity index (χ2v) is 2.68. The minimum atomic E-state index is 0.727. The average Bonchev–Trinajstić information content (AvgIpc) is 2.03. The molecule has 11 heavy (non-hydrogen) atoms. The predicted octanol–water partition coefficient (Wildman–Crippen LogP) is 2.26. The van der Waals surface area contributed by atoms with E-state index in [0.29, 0.717) is 0 Å². The fraction of sp³-hybridized carbons (Fsp3) is 0.222. The third-order valence-electron chi connectivity index (χ3n) is 1.45. The molecule has 0 amide bonds. The standard InChI is InChI=1S/C9H11ClN/c1-2-11-7-8-5-3-4-6-9(8)10/h3-6,11H,1-2,7H2. The first kappa shape index (κ1) is 8.57. The normalized spacial score (nSPS) is 10.0. The minimum Gasteiger partial charge on any atom is -0.313 e. The molecule has 0 saturated carbocycles. The van der Waals surface area contributed by atoms with Gasteiger partial charge in [0.25, 0.3) is 0 Å². The van der Waals surface area contributed by atoms with Crippen LogP contribution in [0.15, 0.2) is 24.3 Å². The Morgan fingerprint density at radius 2 is 2.09 bits per heavy atom. The van der Waals surface area contributed by atoms with E-state index in [1.54, 1.807) is 0 Å². The summed E-state index contributed by atoms with van der Waals surface area (Å²) in [6, 6.07) is 7.80. The van der Waals surface area contributed by atoms with Crippen LogP contribution in [-0.2, 0) is 6.54 Å². The predicted molar refractivity (Wildman–Crippen MR) is 48.5 cm³/mol. The van der Waals surface area contributed by atoms with Gasteiger partial charge in [0.1, 0.15) is 0 Å². The highest BCUT2D eigenvalue weighted by atomic mass is 35.5. The second kappa shape index (κ2) is 4.37. The van der Waals surface area contributed by atoms with Gasteiger partial charge in [-0.1, -0.05) is 29.8 Å². The van der Waals surface area contributed by atoms with E-state index in [0.717, 1.165) is 23.7 Å². The topological polar surface area (TPSA) is 12.0 Å². The van der Waals surface area contributed by atoms with Crippen molar-refractivity contribution < 1.29 is 0 Å². The first-order valence-electron chi connectivity index (χ1n) is 3.58. The minimum absolute atomic E-state index is 0.727. The van der Waals surface area contributed by atoms with Crippen LogP contribution in [0.3, 0.4) is 0 Å². The van der Waals surface area contributed by atoms with Crippen molar-refractivity contribution >= 4 is 11.6 Å². The van der Waals surface area contributed by atoms with E-state index in [1.807, 2.05) is 24.3 Å². The van der Waals surface area contributed by atoms with Crippen LogP contribution in [0.5, 0.6) is 0 Å². The second-order valence-electron chi connectivity index (χ2n) is 2.27. The smallest absolute Gasteiger partial charge is 0.0450 e. The quantitative estimate of drug-likeness (QED) is 0.730. The van der Waals surface area contributed by atoms with E-state index in [1.165, 1.54) is 0 Å². The molecule has 1 nitrogen and oxygen atoms in total. The molecule has 0 aromatic heterocycles. The fourth-order valence-electron chi connectivity index (χ4n) is 0.865. The maximum absolute atomic E-state index is 5.90. The highest BCUT2D eigenvalue weighted by Crippen LogP contribution is 2.13. The number of hydrogen-bond donors (Lipinski definition) is 1. The number of hydrogen-bond acceptors (Lipinski definition) is 1. The monoisotopic (exact) mass is 168 g/mol. The lowest BCUT2D eigenvalue weighted by Crippen LogP contribution is -2.11. The third-order valence-corrected chi connectivity index (χ3v) is 1.82. The summed E-state index contributed by atoms with van der Waals surface area (Å²) >= 11 is 5.90. The lowest BCUT2D eigenvalue weighted by Gasteiger charge is -2.02. The molecule has 1 radical (unpaired) electrons. The largest absolute Gasteiger partial charge is 0.313 e. The highest BCUT2D eigenvalue weighted by Gasteiger charge is 1.95. The molecule has 1 aromatic carbocycles. The first-order valence-corrected chi connectivity index (χ1v) is 3.95. The van der Waals surface area contributed by atoms with Gasteiger partial charge in [0.2, 0.25) is 0 Å². The Balaban J connectivity index is 2.62. The van der Waals surface area contributed by atoms with Crippen molar-refractivity contribution in [1.29, 1.82) is 0 Å². The summed E-state index contributed by atoms with van der Waals surface area (Å²) in [4.78, 5) is 0. The average molecular weight is 169 g/mol. The van der Waals surface area contributed by atoms with Crippen LogP contribution in [0.25, 0.3) is 0 Å². The van der Waals surface area contributed by atoms with Gasteiger partial charge in [-0.15, -0.1) is 0 Å². The zero-order valence-corrected chi connectivity index (χ0v) is 7.06. The molecule has 2 heteroatoms. The Labute approximate surface area is 72.4 Å². The number of rotatable bonds is 3. The lowest BCUT2D eigenvalue weighted by molar-refractivity contribution is 0.758. The molecule has 0 saturated heterocycles. The van der Waals surface area contributed by atoms with Crippen molar-refractivity contribution in [3.63, 3.8) is 0 Å². The van der Waals surface area contributed by atoms with Crippen LogP contribution in [-0.4, -0.2) is 6.54 Å². The van der Waals surface area contributed by atoms with Gasteiger partial charge in [-0.3, -0.25) is 0 Å². The van der Waals surface area contributed by atoms with Crippen molar-refractivity contribution in [1.82, 2.24) is 5.32 Å². The molecule has 1 N–H and O–H groups in total. The Morgan fingerprint density at radius 1 is 1.36 bits per heavy atom. The molecular weight excluding hydrogens is 158 g/mol. The summed E-state index contributed by atoms with van der Waals surface area (Å²) in [6.45, 7) is 5.20. The molecule has 0 heterocycles. The molecule has 0 atom stereocenters. The van der Waals surface area contributed by atoms with Crippen molar-refractivity contribution in [2.24, 2.45) is 0 Å². The van der Waals surface area contributed by atoms with Gasteiger partial charge >= 0.3 is 0 Å². The van der Waals surface area contributed by atoms with E-state index in [-0.39, 0.29) is 0 Å². The van der Waals surface area contributed by atoms with Gasteiger partial charge in [0.05, 0.1) is 0 Å². The molecule has 0 aliphatic carbocycles. The number of benzene rings is 1. The zero-order valence-electron chi connectivity index (χ0n) is 6.31. The van der Waals surface area contributed by atoms with E-state index in [4.69, 9.17) is 11.6 Å². The fourth-order valence-corrected chi connectivity index (χ4v) is 1.07. The van der Waals surface area contributed by atoms with Gasteiger partial charge < -0.3 is 5.32 Å². The van der Waals surface area contributed by atoms with Crippen molar-refractivity contribution in [2.45, 2.75) is 6.54 Å². The number of nitrogens with one attached hydrogen (secondary N) is 1. The zero-order chi connectivity index (χ0) is 8.10. The van der Waals surface area contributed by atoms with Gasteiger partial charge in [-0.05, 0) is 25.1 Å². The molecule has 1 rings (SSSR count). The van der Waals surface area contributed by atoms with E-state index in [9.17, 15) is 0 Å². The van der Waals surface area contributed by atoms with Gasteiger partial charge in [-0.2, -0.15) is 0 Å². The first-order chi connectivity index (χ1) is 5.34. The molecule has 0 spiro atoms. The van der Waals surface area contributed by atoms with Crippen molar-refractivity contribution in [3.05, 3.63) is 41.8 Å². The third kappa shape index (κ3) is 2.52. The molecule has 0 unspecified atom stereocenters. The summed E-state index contributed by atoms with van der Waals surface area (Å²) in [5.41, 5.74) is 1.12. The number of halogens is 1. The molecular formula is C9H11ClN. The van der Waals surface area contributed by atoms with Crippen LogP contribution in [0.2, 0.25) is 5.02 Å². The van der Waals surface area contributed by atoms with E-state index < -0.39 is 0 Å². The molecule has 0 bridgehead atoms. The van der Waals surface area contributed by atoms with Gasteiger partial charge in [0, 0.05) is 11.6 Å². The van der Waals surface area contributed by atoms with Crippen LogP contribution < -0.4 is 5.32 Å². The van der Waals surface area contributed by atoms with Crippen LogP contribution >= 0.6 is 11.6 Å². The lowest BCUT2D eigenvalue weighted by atomic mass is 10.2. The van der Waals surface area contributed by atoms with E-state index >= 15 is 0 Å². The summed E-state index contributed by atoms with van der Waals surface area (Å²) in [5, 5.41) is 3.92. The molecule has 0 aliphatic rings. The van der Waals surface area contributed by atoms with Gasteiger partial charge in [0.15, 0.2) is 0 Å². The Bertz CT molecular complexity index is 223. The molecule has 0 fully saturated rings. The molecule has 59 valence electrons. The van der Waals surface area contributed by atoms with E-state index in [2.05, 4.69) is 12.2 Å². The summed E-state index contributed by atoms with van der Waals surface area (Å²) in [5.74, 6) is 0. The van der Waals surface area contributed by atoms with Crippen molar-refractivity contribution in [3.8, 4) is 0 Å². The Hall–Kier alpha value is -0.530. The Morgan fingerprint density at radius 3 is 2.73 bits per heavy atom. The summed E-state index contributed by atoms with van der Waals surface area (Å²) in [7, 11) is 0. The summed E-state index contributed by atoms with van der Waals surface area (Å²) < 4.78 is 0. The maximum Gasteiger partial charge on any atom is 0.0450 e. The van der Waals surface area contributed by atoms with Crippen molar-refractivity contribution in [2.75, 3.05) is 6.54 Å². The SMILES string of the molecule is [CH2]CNCc1ccccc1Cl. The summed E-state index contributed by atoms with van der Waals surface area (Å²) in [6.07, 6.45) is 0. The van der Waals surface area contributed by atoms with Crippen LogP contribution in [0.1, 0.15) is 5.56 Å². The van der Waals surface area contributed by atoms with Crippen LogP contribution in [0, 0.1) is 6.92 Å². The Kier molecular flexibility index (Phi) is 3.40. The van der Waals surface area contributed by atoms with Gasteiger partial charge in [-0.25, -0.2) is 0 Å². The molecule has 0 aliphatic heterocycles. The maximum atomic E-state index is 5.90.